The number of aromatic nitrogens is 4. The molecule has 0 bridgehead atoms. The maximum Gasteiger partial charge on any atom is 0.387 e. The van der Waals surface area contributed by atoms with Gasteiger partial charge in [-0.2, -0.15) is 8.78 Å². The average molecular weight is 542 g/mol. The second-order valence-electron chi connectivity index (χ2n) is 9.60. The molecule has 3 heterocycles. The van der Waals surface area contributed by atoms with Crippen molar-refractivity contribution < 1.29 is 21.9 Å². The molecule has 1 saturated heterocycles. The number of imidazole rings is 1. The molecule has 38 heavy (non-hydrogen) atoms. The van der Waals surface area contributed by atoms with Gasteiger partial charge in [-0.25, -0.2) is 27.7 Å². The number of benzene rings is 2. The minimum absolute atomic E-state index is 0.114. The molecule has 0 aliphatic carbocycles. The number of sulfonamides is 1. The number of rotatable bonds is 7. The highest BCUT2D eigenvalue weighted by molar-refractivity contribution is 7.88. The quantitative estimate of drug-likeness (QED) is 0.331. The Bertz CT molecular complexity index is 1580. The molecule has 0 radical (unpaired) electrons. The molecule has 0 amide bonds. The van der Waals surface area contributed by atoms with Gasteiger partial charge in [-0.05, 0) is 50.5 Å². The molecule has 200 valence electrons. The topological polar surface area (TPSA) is 90.2 Å². The average Bonchev–Trinajstić information content (AvgIpc) is 3.18. The third kappa shape index (κ3) is 5.39. The van der Waals surface area contributed by atoms with E-state index in [1.165, 1.54) is 16.6 Å². The fourth-order valence-corrected chi connectivity index (χ4v) is 5.91. The summed E-state index contributed by atoms with van der Waals surface area (Å²) < 4.78 is 57.7. The van der Waals surface area contributed by atoms with Gasteiger partial charge < -0.3 is 9.30 Å². The number of nitrogens with zero attached hydrogens (tertiary/aromatic N) is 5. The van der Waals surface area contributed by atoms with Gasteiger partial charge in [-0.15, -0.1) is 0 Å². The van der Waals surface area contributed by atoms with Crippen molar-refractivity contribution in [1.29, 1.82) is 0 Å². The Hall–Kier alpha value is -3.44. The van der Waals surface area contributed by atoms with Crippen LogP contribution in [0.2, 0.25) is 0 Å². The van der Waals surface area contributed by atoms with Gasteiger partial charge in [0.1, 0.15) is 17.4 Å². The van der Waals surface area contributed by atoms with Crippen LogP contribution >= 0.6 is 0 Å². The molecule has 0 unspecified atom stereocenters. The molecular weight excluding hydrogens is 512 g/mol. The first-order valence-electron chi connectivity index (χ1n) is 12.4. The van der Waals surface area contributed by atoms with Crippen molar-refractivity contribution in [3.63, 3.8) is 0 Å². The standard InChI is InChI=1S/C27H29F2N5O3S/c1-17-22(15-30-26(31-17)19-10-12-33(13-11-19)38(3,35)36)20-8-9-23-24(14-20)34(18(2)32-23)16-21-6-4-5-7-25(21)37-27(28)29/h4-9,14-15,19,27H,10-13,16H2,1-3H3. The summed E-state index contributed by atoms with van der Waals surface area (Å²) in [5.74, 6) is 1.75. The third-order valence-corrected chi connectivity index (χ3v) is 8.36. The fraction of sp³-hybridized carbons (Fsp3) is 0.370. The van der Waals surface area contributed by atoms with Crippen molar-refractivity contribution in [2.75, 3.05) is 19.3 Å². The number of fused-ring (bicyclic) bond motifs is 1. The lowest BCUT2D eigenvalue weighted by Gasteiger charge is -2.29. The van der Waals surface area contributed by atoms with Gasteiger partial charge in [0.05, 0.1) is 23.8 Å². The van der Waals surface area contributed by atoms with Crippen LogP contribution in [-0.4, -0.2) is 58.2 Å². The molecule has 8 nitrogen and oxygen atoms in total. The molecule has 0 N–H and O–H groups in total. The zero-order valence-electron chi connectivity index (χ0n) is 21.4. The molecule has 0 spiro atoms. The van der Waals surface area contributed by atoms with Crippen LogP contribution in [0.5, 0.6) is 5.75 Å². The van der Waals surface area contributed by atoms with Crippen molar-refractivity contribution in [2.45, 2.75) is 45.8 Å². The van der Waals surface area contributed by atoms with Crippen LogP contribution in [0, 0.1) is 13.8 Å². The Morgan fingerprint density at radius 1 is 1.08 bits per heavy atom. The van der Waals surface area contributed by atoms with Crippen molar-refractivity contribution in [2.24, 2.45) is 0 Å². The van der Waals surface area contributed by atoms with E-state index in [9.17, 15) is 17.2 Å². The number of hydrogen-bond donors (Lipinski definition) is 0. The summed E-state index contributed by atoms with van der Waals surface area (Å²) in [5.41, 5.74) is 4.93. The fourth-order valence-electron chi connectivity index (χ4n) is 5.04. The van der Waals surface area contributed by atoms with Crippen LogP contribution in [-0.2, 0) is 16.6 Å². The molecule has 11 heteroatoms. The van der Waals surface area contributed by atoms with E-state index in [0.29, 0.717) is 38.0 Å². The van der Waals surface area contributed by atoms with E-state index in [0.717, 1.165) is 39.5 Å². The summed E-state index contributed by atoms with van der Waals surface area (Å²) in [6, 6.07) is 12.7. The number of para-hydroxylation sites is 1. The normalized spacial score (nSPS) is 15.4. The van der Waals surface area contributed by atoms with Crippen LogP contribution in [0.3, 0.4) is 0 Å². The maximum absolute atomic E-state index is 12.9. The molecule has 0 atom stereocenters. The molecule has 1 aliphatic rings. The molecule has 2 aromatic heterocycles. The van der Waals surface area contributed by atoms with E-state index in [-0.39, 0.29) is 11.7 Å². The summed E-state index contributed by atoms with van der Waals surface area (Å²) >= 11 is 0. The Morgan fingerprint density at radius 2 is 1.82 bits per heavy atom. The van der Waals surface area contributed by atoms with Crippen molar-refractivity contribution in [1.82, 2.24) is 23.8 Å². The molecule has 4 aromatic rings. The number of hydrogen-bond acceptors (Lipinski definition) is 6. The summed E-state index contributed by atoms with van der Waals surface area (Å²) in [6.07, 6.45) is 4.43. The first kappa shape index (κ1) is 26.2. The molecule has 5 rings (SSSR count). The van der Waals surface area contributed by atoms with Gasteiger partial charge in [-0.1, -0.05) is 24.3 Å². The van der Waals surface area contributed by atoms with Crippen LogP contribution in [0.4, 0.5) is 8.78 Å². The van der Waals surface area contributed by atoms with Crippen LogP contribution < -0.4 is 4.74 Å². The molecule has 2 aromatic carbocycles. The van der Waals surface area contributed by atoms with E-state index in [2.05, 4.69) is 9.97 Å². The second-order valence-corrected chi connectivity index (χ2v) is 11.6. The number of ether oxygens (including phenoxy) is 1. The van der Waals surface area contributed by atoms with Gasteiger partial charge in [-0.3, -0.25) is 0 Å². The number of piperidine rings is 1. The second kappa shape index (κ2) is 10.4. The predicted octanol–water partition coefficient (Wildman–Crippen LogP) is 4.90. The maximum atomic E-state index is 12.9. The Labute approximate surface area is 220 Å². The highest BCUT2D eigenvalue weighted by Crippen LogP contribution is 2.31. The highest BCUT2D eigenvalue weighted by atomic mass is 32.2. The van der Waals surface area contributed by atoms with Crippen LogP contribution in [0.15, 0.2) is 48.7 Å². The minimum Gasteiger partial charge on any atom is -0.434 e. The summed E-state index contributed by atoms with van der Waals surface area (Å²) in [6.45, 7) is 2.19. The van der Waals surface area contributed by atoms with Gasteiger partial charge in [0, 0.05) is 42.0 Å². The summed E-state index contributed by atoms with van der Waals surface area (Å²) in [4.78, 5) is 14.1. The Kier molecular flexibility index (Phi) is 7.15. The smallest absolute Gasteiger partial charge is 0.387 e. The van der Waals surface area contributed by atoms with Crippen molar-refractivity contribution in [3.05, 3.63) is 71.6 Å². The highest BCUT2D eigenvalue weighted by Gasteiger charge is 2.27. The summed E-state index contributed by atoms with van der Waals surface area (Å²) in [7, 11) is -3.19. The van der Waals surface area contributed by atoms with Crippen molar-refractivity contribution >= 4 is 21.1 Å². The number of aryl methyl sites for hydroxylation is 2. The van der Waals surface area contributed by atoms with E-state index in [4.69, 9.17) is 9.72 Å². The lowest BCUT2D eigenvalue weighted by Crippen LogP contribution is -2.37. The lowest BCUT2D eigenvalue weighted by molar-refractivity contribution is -0.0504. The SMILES string of the molecule is Cc1nc(C2CCN(S(C)(=O)=O)CC2)ncc1-c1ccc2nc(C)n(Cc3ccccc3OC(F)F)c2c1. The van der Waals surface area contributed by atoms with E-state index < -0.39 is 16.6 Å². The van der Waals surface area contributed by atoms with Crippen molar-refractivity contribution in [3.8, 4) is 16.9 Å². The zero-order chi connectivity index (χ0) is 27.0. The molecule has 0 saturated carbocycles. The molecular formula is C27H29F2N5O3S. The first-order chi connectivity index (χ1) is 18.1. The van der Waals surface area contributed by atoms with Gasteiger partial charge in [0.15, 0.2) is 0 Å². The van der Waals surface area contributed by atoms with Gasteiger partial charge in [0.25, 0.3) is 0 Å². The molecule has 1 aliphatic heterocycles. The lowest BCUT2D eigenvalue weighted by atomic mass is 9.96. The first-order valence-corrected chi connectivity index (χ1v) is 14.2. The van der Waals surface area contributed by atoms with E-state index >= 15 is 0 Å². The largest absolute Gasteiger partial charge is 0.434 e. The van der Waals surface area contributed by atoms with Crippen LogP contribution in [0.25, 0.3) is 22.2 Å². The Balaban J connectivity index is 1.42. The number of halogens is 2. The van der Waals surface area contributed by atoms with Gasteiger partial charge >= 0.3 is 6.61 Å². The summed E-state index contributed by atoms with van der Waals surface area (Å²) in [5, 5.41) is 0. The zero-order valence-corrected chi connectivity index (χ0v) is 22.3. The van der Waals surface area contributed by atoms with Gasteiger partial charge in [0.2, 0.25) is 10.0 Å². The predicted molar refractivity (Wildman–Crippen MR) is 141 cm³/mol. The van der Waals surface area contributed by atoms with E-state index in [1.54, 1.807) is 18.2 Å². The van der Waals surface area contributed by atoms with Crippen LogP contribution in [0.1, 0.15) is 41.7 Å². The third-order valence-electron chi connectivity index (χ3n) is 7.05. The van der Waals surface area contributed by atoms with E-state index in [1.807, 2.05) is 42.8 Å². The Morgan fingerprint density at radius 3 is 2.50 bits per heavy atom. The number of alkyl halides is 2. The molecule has 1 fully saturated rings. The monoisotopic (exact) mass is 541 g/mol. The minimum atomic E-state index is -3.19.